The number of carbonyl (C=O) groups excluding carboxylic acids is 1. The molecule has 1 unspecified atom stereocenters. The second kappa shape index (κ2) is 8.30. The Morgan fingerprint density at radius 3 is 2.73 bits per heavy atom. The first kappa shape index (κ1) is 20.1. The van der Waals surface area contributed by atoms with Crippen LogP contribution in [0.3, 0.4) is 0 Å². The van der Waals surface area contributed by atoms with Gasteiger partial charge in [0.25, 0.3) is 5.91 Å². The lowest BCUT2D eigenvalue weighted by Crippen LogP contribution is -2.39. The summed E-state index contributed by atoms with van der Waals surface area (Å²) >= 11 is 0. The Kier molecular flexibility index (Phi) is 5.57. The maximum absolute atomic E-state index is 12.8. The smallest absolute Gasteiger partial charge is 0.253 e. The van der Waals surface area contributed by atoms with E-state index >= 15 is 0 Å². The number of aryl methyl sites for hydroxylation is 3. The summed E-state index contributed by atoms with van der Waals surface area (Å²) in [4.78, 5) is 17.0. The standard InChI is InChI=1S/C24H27N3O3/c1-14(2)29-22-11-9-18(13-25-22)24(28)26-19-10-8-17-6-5-7-20(21(17)12-19)23-15(3)27-30-16(23)4/h5-7,9,11,13-14,19H,8,10,12H2,1-4H3,(H,26,28). The van der Waals surface area contributed by atoms with Crippen molar-refractivity contribution < 1.29 is 14.1 Å². The largest absolute Gasteiger partial charge is 0.475 e. The number of benzene rings is 1. The molecule has 1 N–H and O–H groups in total. The molecule has 0 spiro atoms. The maximum Gasteiger partial charge on any atom is 0.253 e. The van der Waals surface area contributed by atoms with E-state index in [1.54, 1.807) is 18.3 Å². The molecule has 2 heterocycles. The van der Waals surface area contributed by atoms with Gasteiger partial charge in [0.15, 0.2) is 0 Å². The number of pyridine rings is 1. The minimum absolute atomic E-state index is 0.0476. The van der Waals surface area contributed by atoms with Gasteiger partial charge < -0.3 is 14.6 Å². The molecule has 2 aromatic heterocycles. The van der Waals surface area contributed by atoms with Crippen molar-refractivity contribution >= 4 is 5.91 Å². The summed E-state index contributed by atoms with van der Waals surface area (Å²) in [7, 11) is 0. The van der Waals surface area contributed by atoms with Crippen molar-refractivity contribution in [3.8, 4) is 17.0 Å². The molecule has 1 aromatic carbocycles. The van der Waals surface area contributed by atoms with Crippen LogP contribution in [0.15, 0.2) is 41.1 Å². The minimum atomic E-state index is -0.109. The van der Waals surface area contributed by atoms with Crippen LogP contribution in [-0.2, 0) is 12.8 Å². The summed E-state index contributed by atoms with van der Waals surface area (Å²) in [5.41, 5.74) is 6.23. The number of nitrogens with one attached hydrogen (secondary N) is 1. The molecule has 1 atom stereocenters. The monoisotopic (exact) mass is 405 g/mol. The van der Waals surface area contributed by atoms with E-state index in [0.29, 0.717) is 11.4 Å². The molecule has 1 aliphatic rings. The molecule has 156 valence electrons. The Hall–Kier alpha value is -3.15. The van der Waals surface area contributed by atoms with E-state index in [-0.39, 0.29) is 18.1 Å². The zero-order chi connectivity index (χ0) is 21.3. The van der Waals surface area contributed by atoms with E-state index < -0.39 is 0 Å². The lowest BCUT2D eigenvalue weighted by atomic mass is 9.83. The number of rotatable bonds is 5. The zero-order valence-corrected chi connectivity index (χ0v) is 17.9. The summed E-state index contributed by atoms with van der Waals surface area (Å²) in [5, 5.41) is 7.29. The molecule has 4 rings (SSSR count). The Morgan fingerprint density at radius 1 is 1.23 bits per heavy atom. The van der Waals surface area contributed by atoms with Gasteiger partial charge >= 0.3 is 0 Å². The van der Waals surface area contributed by atoms with E-state index in [0.717, 1.165) is 41.8 Å². The fourth-order valence-electron chi connectivity index (χ4n) is 4.11. The summed E-state index contributed by atoms with van der Waals surface area (Å²) in [5.74, 6) is 1.24. The first-order chi connectivity index (χ1) is 14.4. The molecule has 0 saturated heterocycles. The SMILES string of the molecule is Cc1noc(C)c1-c1cccc2c1CC(NC(=O)c1ccc(OC(C)C)nc1)CC2. The fraction of sp³-hybridized carbons (Fsp3) is 0.375. The van der Waals surface area contributed by atoms with E-state index in [1.165, 1.54) is 11.1 Å². The van der Waals surface area contributed by atoms with E-state index in [1.807, 2.05) is 27.7 Å². The topological polar surface area (TPSA) is 77.2 Å². The number of fused-ring (bicyclic) bond motifs is 1. The highest BCUT2D eigenvalue weighted by Crippen LogP contribution is 2.35. The highest BCUT2D eigenvalue weighted by molar-refractivity contribution is 5.94. The molecule has 0 aliphatic heterocycles. The zero-order valence-electron chi connectivity index (χ0n) is 17.9. The van der Waals surface area contributed by atoms with E-state index in [4.69, 9.17) is 9.26 Å². The highest BCUT2D eigenvalue weighted by atomic mass is 16.5. The van der Waals surface area contributed by atoms with Crippen LogP contribution in [-0.4, -0.2) is 28.2 Å². The molecule has 1 amide bonds. The van der Waals surface area contributed by atoms with Crippen LogP contribution in [0.2, 0.25) is 0 Å². The third kappa shape index (κ3) is 4.08. The minimum Gasteiger partial charge on any atom is -0.475 e. The molecular formula is C24H27N3O3. The summed E-state index contributed by atoms with van der Waals surface area (Å²) in [6.45, 7) is 7.80. The number of hydrogen-bond donors (Lipinski definition) is 1. The number of hydrogen-bond acceptors (Lipinski definition) is 5. The lowest BCUT2D eigenvalue weighted by Gasteiger charge is -2.27. The van der Waals surface area contributed by atoms with Crippen molar-refractivity contribution in [2.75, 3.05) is 0 Å². The third-order valence-corrected chi connectivity index (χ3v) is 5.48. The maximum atomic E-state index is 12.8. The molecule has 6 heteroatoms. The molecular weight excluding hydrogens is 378 g/mol. The van der Waals surface area contributed by atoms with Crippen molar-refractivity contribution in [2.24, 2.45) is 0 Å². The summed E-state index contributed by atoms with van der Waals surface area (Å²) in [6, 6.07) is 9.94. The molecule has 0 bridgehead atoms. The second-order valence-corrected chi connectivity index (χ2v) is 8.11. The van der Waals surface area contributed by atoms with Crippen LogP contribution < -0.4 is 10.1 Å². The predicted octanol–water partition coefficient (Wildman–Crippen LogP) is 4.43. The molecule has 0 fully saturated rings. The van der Waals surface area contributed by atoms with E-state index in [9.17, 15) is 4.79 Å². The Balaban J connectivity index is 1.51. The van der Waals surface area contributed by atoms with Crippen molar-refractivity contribution in [1.82, 2.24) is 15.5 Å². The third-order valence-electron chi connectivity index (χ3n) is 5.48. The van der Waals surface area contributed by atoms with Gasteiger partial charge in [-0.05, 0) is 69.7 Å². The van der Waals surface area contributed by atoms with Crippen molar-refractivity contribution in [2.45, 2.75) is 59.1 Å². The lowest BCUT2D eigenvalue weighted by molar-refractivity contribution is 0.0933. The van der Waals surface area contributed by atoms with Crippen molar-refractivity contribution in [1.29, 1.82) is 0 Å². The normalized spacial score (nSPS) is 15.7. The average Bonchev–Trinajstić information content (AvgIpc) is 3.05. The van der Waals surface area contributed by atoms with Crippen molar-refractivity contribution in [3.05, 3.63) is 64.7 Å². The Morgan fingerprint density at radius 2 is 2.07 bits per heavy atom. The molecule has 3 aromatic rings. The number of aromatic nitrogens is 2. The van der Waals surface area contributed by atoms with Gasteiger partial charge in [-0.2, -0.15) is 0 Å². The van der Waals surface area contributed by atoms with Crippen LogP contribution in [0.25, 0.3) is 11.1 Å². The quantitative estimate of drug-likeness (QED) is 0.680. The van der Waals surface area contributed by atoms with E-state index in [2.05, 4.69) is 33.7 Å². The van der Waals surface area contributed by atoms with Gasteiger partial charge in [0.05, 0.1) is 17.4 Å². The molecule has 30 heavy (non-hydrogen) atoms. The molecule has 0 saturated carbocycles. The average molecular weight is 405 g/mol. The second-order valence-electron chi connectivity index (χ2n) is 8.11. The Bertz CT molecular complexity index is 1030. The number of carbonyl (C=O) groups is 1. The van der Waals surface area contributed by atoms with Gasteiger partial charge in [-0.15, -0.1) is 0 Å². The van der Waals surface area contributed by atoms with Gasteiger partial charge in [0.2, 0.25) is 5.88 Å². The van der Waals surface area contributed by atoms with Crippen LogP contribution in [0.1, 0.15) is 53.2 Å². The Labute approximate surface area is 176 Å². The van der Waals surface area contributed by atoms with Gasteiger partial charge in [-0.1, -0.05) is 23.4 Å². The molecule has 6 nitrogen and oxygen atoms in total. The van der Waals surface area contributed by atoms with Crippen molar-refractivity contribution in [3.63, 3.8) is 0 Å². The van der Waals surface area contributed by atoms with Crippen LogP contribution in [0.5, 0.6) is 5.88 Å². The fourth-order valence-corrected chi connectivity index (χ4v) is 4.11. The van der Waals surface area contributed by atoms with Crippen LogP contribution >= 0.6 is 0 Å². The molecule has 0 radical (unpaired) electrons. The van der Waals surface area contributed by atoms with Crippen LogP contribution in [0.4, 0.5) is 0 Å². The van der Waals surface area contributed by atoms with Crippen LogP contribution in [0, 0.1) is 13.8 Å². The highest BCUT2D eigenvalue weighted by Gasteiger charge is 2.25. The van der Waals surface area contributed by atoms with Gasteiger partial charge in [-0.3, -0.25) is 4.79 Å². The summed E-state index contributed by atoms with van der Waals surface area (Å²) in [6.07, 6.45) is 4.23. The molecule has 1 aliphatic carbocycles. The van der Waals surface area contributed by atoms with Gasteiger partial charge in [-0.25, -0.2) is 4.98 Å². The van der Waals surface area contributed by atoms with Gasteiger partial charge in [0.1, 0.15) is 5.76 Å². The first-order valence-corrected chi connectivity index (χ1v) is 10.4. The number of amides is 1. The summed E-state index contributed by atoms with van der Waals surface area (Å²) < 4.78 is 10.9. The number of nitrogens with zero attached hydrogens (tertiary/aromatic N) is 2. The number of ether oxygens (including phenoxy) is 1. The first-order valence-electron chi connectivity index (χ1n) is 10.4. The van der Waals surface area contributed by atoms with Gasteiger partial charge in [0, 0.05) is 23.9 Å². The predicted molar refractivity (Wildman–Crippen MR) is 115 cm³/mol.